The highest BCUT2D eigenvalue weighted by atomic mass is 16.4. The van der Waals surface area contributed by atoms with Crippen LogP contribution in [0.4, 0.5) is 0 Å². The summed E-state index contributed by atoms with van der Waals surface area (Å²) in [5, 5.41) is 36.2. The van der Waals surface area contributed by atoms with Gasteiger partial charge in [0.05, 0.1) is 26.2 Å². The number of nitrogens with zero attached hydrogens (tertiary/aromatic N) is 2. The maximum absolute atomic E-state index is 11.2. The molecule has 148 valence electrons. The SMILES string of the molecule is O=C(O)CN(CC(=O)O)CC(Cc1ccccc1)N(CC(=O)O)CC(=O)O. The molecule has 0 saturated carbocycles. The second-order valence-corrected chi connectivity index (χ2v) is 5.99. The first kappa shape index (κ1) is 22.1. The van der Waals surface area contributed by atoms with Crippen molar-refractivity contribution in [3.05, 3.63) is 35.9 Å². The van der Waals surface area contributed by atoms with Crippen molar-refractivity contribution in [2.45, 2.75) is 12.5 Å². The van der Waals surface area contributed by atoms with E-state index in [1.165, 1.54) is 4.90 Å². The van der Waals surface area contributed by atoms with Gasteiger partial charge >= 0.3 is 23.9 Å². The zero-order valence-electron chi connectivity index (χ0n) is 14.5. The van der Waals surface area contributed by atoms with E-state index >= 15 is 0 Å². The van der Waals surface area contributed by atoms with Crippen LogP contribution in [0.2, 0.25) is 0 Å². The van der Waals surface area contributed by atoms with Crippen LogP contribution < -0.4 is 0 Å². The number of hydrogen-bond acceptors (Lipinski definition) is 6. The Hall–Kier alpha value is -2.98. The number of carboxylic acids is 4. The molecule has 0 saturated heterocycles. The average molecular weight is 382 g/mol. The summed E-state index contributed by atoms with van der Waals surface area (Å²) in [5.74, 6) is -4.95. The van der Waals surface area contributed by atoms with E-state index in [1.54, 1.807) is 30.3 Å². The molecule has 0 aliphatic carbocycles. The van der Waals surface area contributed by atoms with Crippen molar-refractivity contribution in [2.75, 3.05) is 32.7 Å². The zero-order valence-corrected chi connectivity index (χ0v) is 14.5. The maximum Gasteiger partial charge on any atom is 0.317 e. The van der Waals surface area contributed by atoms with Crippen LogP contribution in [0.5, 0.6) is 0 Å². The smallest absolute Gasteiger partial charge is 0.317 e. The topological polar surface area (TPSA) is 156 Å². The van der Waals surface area contributed by atoms with Crippen molar-refractivity contribution in [1.82, 2.24) is 9.80 Å². The molecule has 0 aliphatic rings. The lowest BCUT2D eigenvalue weighted by atomic mass is 10.0. The first-order valence-corrected chi connectivity index (χ1v) is 8.05. The van der Waals surface area contributed by atoms with E-state index in [2.05, 4.69) is 0 Å². The molecule has 0 aliphatic heterocycles. The van der Waals surface area contributed by atoms with E-state index in [9.17, 15) is 19.2 Å². The minimum atomic E-state index is -1.24. The maximum atomic E-state index is 11.2. The Balaban J connectivity index is 3.11. The van der Waals surface area contributed by atoms with E-state index in [0.29, 0.717) is 0 Å². The molecule has 4 N–H and O–H groups in total. The molecule has 0 amide bonds. The Kier molecular flexibility index (Phi) is 8.90. The molecule has 1 aromatic carbocycles. The van der Waals surface area contributed by atoms with Gasteiger partial charge in [-0.1, -0.05) is 30.3 Å². The molecule has 10 heteroatoms. The Morgan fingerprint density at radius 2 is 1.19 bits per heavy atom. The van der Waals surface area contributed by atoms with Crippen LogP contribution in [-0.4, -0.2) is 92.9 Å². The fourth-order valence-electron chi connectivity index (χ4n) is 2.72. The van der Waals surface area contributed by atoms with Crippen LogP contribution in [0.1, 0.15) is 5.56 Å². The third-order valence-electron chi connectivity index (χ3n) is 3.69. The summed E-state index contributed by atoms with van der Waals surface area (Å²) < 4.78 is 0. The molecule has 1 rings (SSSR count). The molecule has 0 radical (unpaired) electrons. The van der Waals surface area contributed by atoms with Crippen molar-refractivity contribution < 1.29 is 39.6 Å². The minimum Gasteiger partial charge on any atom is -0.480 e. The molecule has 0 spiro atoms. The lowest BCUT2D eigenvalue weighted by molar-refractivity contribution is -0.146. The first-order valence-electron chi connectivity index (χ1n) is 8.05. The summed E-state index contributed by atoms with van der Waals surface area (Å²) in [6.45, 7) is -2.39. The third kappa shape index (κ3) is 9.33. The van der Waals surface area contributed by atoms with E-state index in [1.807, 2.05) is 0 Å². The molecule has 1 unspecified atom stereocenters. The molecule has 1 atom stereocenters. The average Bonchev–Trinajstić information content (AvgIpc) is 2.52. The summed E-state index contributed by atoms with van der Waals surface area (Å²) in [6.07, 6.45) is 0.233. The summed E-state index contributed by atoms with van der Waals surface area (Å²) in [7, 11) is 0. The van der Waals surface area contributed by atoms with E-state index < -0.39 is 56.1 Å². The van der Waals surface area contributed by atoms with Gasteiger partial charge in [-0.3, -0.25) is 29.0 Å². The van der Waals surface area contributed by atoms with Crippen molar-refractivity contribution in [2.24, 2.45) is 0 Å². The highest BCUT2D eigenvalue weighted by molar-refractivity contribution is 5.73. The van der Waals surface area contributed by atoms with Gasteiger partial charge in [0, 0.05) is 12.6 Å². The zero-order chi connectivity index (χ0) is 20.4. The standard InChI is InChI=1S/C17H22N2O8/c20-14(21)8-18(9-15(22)23)7-13(6-12-4-2-1-3-5-12)19(10-16(24)25)11-17(26)27/h1-5,13H,6-11H2,(H,20,21)(H,22,23)(H,24,25)(H,26,27). The Labute approximate surface area is 155 Å². The van der Waals surface area contributed by atoms with Crippen molar-refractivity contribution in [3.8, 4) is 0 Å². The normalized spacial score (nSPS) is 12.1. The van der Waals surface area contributed by atoms with Gasteiger partial charge in [0.25, 0.3) is 0 Å². The van der Waals surface area contributed by atoms with Gasteiger partial charge in [-0.05, 0) is 12.0 Å². The lowest BCUT2D eigenvalue weighted by Crippen LogP contribution is -2.50. The van der Waals surface area contributed by atoms with Gasteiger partial charge in [-0.25, -0.2) is 0 Å². The van der Waals surface area contributed by atoms with Crippen LogP contribution in [0, 0.1) is 0 Å². The molecule has 27 heavy (non-hydrogen) atoms. The summed E-state index contributed by atoms with van der Waals surface area (Å²) in [6, 6.07) is 8.13. The van der Waals surface area contributed by atoms with Gasteiger partial charge in [-0.15, -0.1) is 0 Å². The van der Waals surface area contributed by atoms with Crippen LogP contribution in [0.3, 0.4) is 0 Å². The van der Waals surface area contributed by atoms with Gasteiger partial charge in [-0.2, -0.15) is 0 Å². The summed E-state index contributed by atoms with van der Waals surface area (Å²) >= 11 is 0. The second-order valence-electron chi connectivity index (χ2n) is 5.99. The van der Waals surface area contributed by atoms with Crippen molar-refractivity contribution >= 4 is 23.9 Å². The number of hydrogen-bond donors (Lipinski definition) is 4. The highest BCUT2D eigenvalue weighted by Crippen LogP contribution is 2.11. The third-order valence-corrected chi connectivity index (χ3v) is 3.69. The van der Waals surface area contributed by atoms with Crippen LogP contribution >= 0.6 is 0 Å². The van der Waals surface area contributed by atoms with Gasteiger partial charge in [0.15, 0.2) is 0 Å². The van der Waals surface area contributed by atoms with Gasteiger partial charge < -0.3 is 20.4 Å². The second kappa shape index (κ2) is 10.9. The summed E-state index contributed by atoms with van der Waals surface area (Å²) in [4.78, 5) is 46.7. The number of carboxylic acid groups (broad SMARTS) is 4. The fraction of sp³-hybridized carbons (Fsp3) is 0.412. The highest BCUT2D eigenvalue weighted by Gasteiger charge is 2.27. The minimum absolute atomic E-state index is 0.117. The number of aliphatic carboxylic acids is 4. The molecule has 0 fully saturated rings. The largest absolute Gasteiger partial charge is 0.480 e. The number of carbonyl (C=O) groups is 4. The Morgan fingerprint density at radius 1 is 0.741 bits per heavy atom. The fourth-order valence-corrected chi connectivity index (χ4v) is 2.72. The predicted molar refractivity (Wildman–Crippen MR) is 92.5 cm³/mol. The Morgan fingerprint density at radius 3 is 1.59 bits per heavy atom. The van der Waals surface area contributed by atoms with E-state index in [-0.39, 0.29) is 13.0 Å². The lowest BCUT2D eigenvalue weighted by Gasteiger charge is -2.33. The molecular formula is C17H22N2O8. The quantitative estimate of drug-likeness (QED) is 0.352. The molecule has 10 nitrogen and oxygen atoms in total. The van der Waals surface area contributed by atoms with Crippen LogP contribution in [-0.2, 0) is 25.6 Å². The van der Waals surface area contributed by atoms with Gasteiger partial charge in [0.2, 0.25) is 0 Å². The Bertz CT molecular complexity index is 632. The number of rotatable bonds is 13. The predicted octanol–water partition coefficient (Wildman–Crippen LogP) is -0.460. The number of benzene rings is 1. The molecule has 0 heterocycles. The molecule has 1 aromatic rings. The molecule has 0 aromatic heterocycles. The van der Waals surface area contributed by atoms with Crippen LogP contribution in [0.25, 0.3) is 0 Å². The monoisotopic (exact) mass is 382 g/mol. The van der Waals surface area contributed by atoms with E-state index in [4.69, 9.17) is 20.4 Å². The van der Waals surface area contributed by atoms with Crippen LogP contribution in [0.15, 0.2) is 30.3 Å². The summed E-state index contributed by atoms with van der Waals surface area (Å²) in [5.41, 5.74) is 0.786. The van der Waals surface area contributed by atoms with Crippen molar-refractivity contribution in [3.63, 3.8) is 0 Å². The molecular weight excluding hydrogens is 360 g/mol. The molecule has 0 bridgehead atoms. The van der Waals surface area contributed by atoms with E-state index in [0.717, 1.165) is 10.5 Å². The van der Waals surface area contributed by atoms with Crippen molar-refractivity contribution in [1.29, 1.82) is 0 Å². The first-order chi connectivity index (χ1) is 12.7. The van der Waals surface area contributed by atoms with Gasteiger partial charge in [0.1, 0.15) is 0 Å².